The number of hydrogen-bond donors (Lipinski definition) is 1. The topological polar surface area (TPSA) is 55.8 Å². The number of hydrogen-bond acceptors (Lipinski definition) is 5. The fourth-order valence-corrected chi connectivity index (χ4v) is 0.944. The third-order valence-electron chi connectivity index (χ3n) is 1.03. The highest BCUT2D eigenvalue weighted by molar-refractivity contribution is 7.98. The first-order chi connectivity index (χ1) is 5.22. The summed E-state index contributed by atoms with van der Waals surface area (Å²) in [6, 6.07) is 0. The van der Waals surface area contributed by atoms with Crippen molar-refractivity contribution in [3.05, 3.63) is 0 Å². The second-order valence-corrected chi connectivity index (χ2v) is 2.85. The third-order valence-corrected chi connectivity index (χ3v) is 1.68. The van der Waals surface area contributed by atoms with E-state index in [1.165, 1.54) is 7.11 Å². The van der Waals surface area contributed by atoms with Crippen LogP contribution in [-0.2, 0) is 14.6 Å². The number of aliphatic hydroxyl groups excluding tert-OH is 1. The van der Waals surface area contributed by atoms with Crippen molar-refractivity contribution in [1.82, 2.24) is 0 Å². The van der Waals surface area contributed by atoms with Gasteiger partial charge in [-0.05, 0) is 18.4 Å². The first-order valence-corrected chi connectivity index (χ1v) is 4.53. The molecule has 0 aromatic heterocycles. The highest BCUT2D eigenvalue weighted by atomic mass is 32.2. The zero-order valence-corrected chi connectivity index (χ0v) is 7.39. The number of carbonyl (C=O) groups excluding carboxylic acids is 1. The number of aliphatic hydroxyl groups is 1. The molecule has 1 N–H and O–H groups in total. The van der Waals surface area contributed by atoms with E-state index in [0.717, 1.165) is 5.75 Å². The smallest absolute Gasteiger partial charge is 0.370 e. The van der Waals surface area contributed by atoms with Crippen LogP contribution in [0.15, 0.2) is 0 Å². The van der Waals surface area contributed by atoms with Crippen molar-refractivity contribution >= 4 is 17.7 Å². The molecule has 0 aliphatic heterocycles. The Balaban J connectivity index is 3.46. The molecule has 0 saturated carbocycles. The summed E-state index contributed by atoms with van der Waals surface area (Å²) in [6.07, 6.45) is 1.22. The maximum Gasteiger partial charge on any atom is 0.370 e. The average molecular weight is 180 g/mol. The van der Waals surface area contributed by atoms with Crippen LogP contribution in [0.5, 0.6) is 0 Å². The zero-order valence-electron chi connectivity index (χ0n) is 6.57. The van der Waals surface area contributed by atoms with E-state index in [1.807, 2.05) is 6.26 Å². The highest BCUT2D eigenvalue weighted by Crippen LogP contribution is 2.01. The summed E-state index contributed by atoms with van der Waals surface area (Å²) in [5, 5.41) is 9.01. The maximum atomic E-state index is 10.6. The zero-order chi connectivity index (χ0) is 8.69. The van der Waals surface area contributed by atoms with E-state index in [4.69, 9.17) is 5.11 Å². The molecule has 0 bridgehead atoms. The van der Waals surface area contributed by atoms with Gasteiger partial charge in [0, 0.05) is 0 Å². The van der Waals surface area contributed by atoms with Gasteiger partial charge in [-0.2, -0.15) is 16.6 Å². The van der Waals surface area contributed by atoms with Crippen LogP contribution >= 0.6 is 11.8 Å². The van der Waals surface area contributed by atoms with E-state index >= 15 is 0 Å². The largest absolute Gasteiger partial charge is 0.381 e. The van der Waals surface area contributed by atoms with Crippen LogP contribution in [0.25, 0.3) is 0 Å². The molecular formula is C6H12O4S. The lowest BCUT2D eigenvalue weighted by Gasteiger charge is -2.05. The Morgan fingerprint density at radius 2 is 2.36 bits per heavy atom. The van der Waals surface area contributed by atoms with Crippen molar-refractivity contribution in [3.63, 3.8) is 0 Å². The molecule has 4 nitrogen and oxygen atoms in total. The molecule has 0 heterocycles. The maximum absolute atomic E-state index is 10.6. The molecule has 0 fully saturated rings. The number of carbonyl (C=O) groups is 1. The fraction of sp³-hybridized carbons (Fsp3) is 0.833. The standard InChI is InChI=1S/C6H12O4S/c1-9-10-6(8)5(7)3-4-11-2/h5,7H,3-4H2,1-2H3. The first kappa shape index (κ1) is 10.7. The predicted octanol–water partition coefficient (Wildman–Crippen LogP) is 0.205. The lowest BCUT2D eigenvalue weighted by Crippen LogP contribution is -2.23. The molecule has 0 amide bonds. The van der Waals surface area contributed by atoms with Crippen LogP contribution in [-0.4, -0.2) is 36.3 Å². The minimum absolute atomic E-state index is 0.392. The van der Waals surface area contributed by atoms with E-state index < -0.39 is 12.1 Å². The Bertz CT molecular complexity index is 117. The normalized spacial score (nSPS) is 12.6. The molecule has 0 aliphatic rings. The third kappa shape index (κ3) is 5.06. The van der Waals surface area contributed by atoms with Gasteiger partial charge >= 0.3 is 5.97 Å². The van der Waals surface area contributed by atoms with E-state index in [-0.39, 0.29) is 0 Å². The van der Waals surface area contributed by atoms with Crippen molar-refractivity contribution in [2.45, 2.75) is 12.5 Å². The Kier molecular flexibility index (Phi) is 6.30. The van der Waals surface area contributed by atoms with Crippen LogP contribution in [0, 0.1) is 0 Å². The average Bonchev–Trinajstić information content (AvgIpc) is 2.00. The van der Waals surface area contributed by atoms with E-state index in [0.29, 0.717) is 6.42 Å². The monoisotopic (exact) mass is 180 g/mol. The summed E-state index contributed by atoms with van der Waals surface area (Å²) in [5.74, 6) is -0.0125. The van der Waals surface area contributed by atoms with Gasteiger partial charge in [-0.15, -0.1) is 0 Å². The molecule has 0 radical (unpaired) electrons. The van der Waals surface area contributed by atoms with Crippen molar-refractivity contribution in [3.8, 4) is 0 Å². The number of rotatable bonds is 5. The summed E-state index contributed by atoms with van der Waals surface area (Å²) in [6.45, 7) is 0. The van der Waals surface area contributed by atoms with Crippen LogP contribution in [0.3, 0.4) is 0 Å². The van der Waals surface area contributed by atoms with Gasteiger partial charge < -0.3 is 5.11 Å². The molecule has 1 atom stereocenters. The van der Waals surface area contributed by atoms with Crippen LogP contribution in [0.2, 0.25) is 0 Å². The minimum Gasteiger partial charge on any atom is -0.381 e. The minimum atomic E-state index is -1.07. The Hall–Kier alpha value is -0.260. The van der Waals surface area contributed by atoms with E-state index in [1.54, 1.807) is 11.8 Å². The van der Waals surface area contributed by atoms with E-state index in [9.17, 15) is 4.79 Å². The van der Waals surface area contributed by atoms with Gasteiger partial charge in [0.2, 0.25) is 0 Å². The quantitative estimate of drug-likeness (QED) is 0.484. The number of thioether (sulfide) groups is 1. The summed E-state index contributed by atoms with van der Waals surface area (Å²) < 4.78 is 0. The summed E-state index contributed by atoms with van der Waals surface area (Å²) in [7, 11) is 1.22. The van der Waals surface area contributed by atoms with Crippen molar-refractivity contribution < 1.29 is 19.7 Å². The van der Waals surface area contributed by atoms with Crippen molar-refractivity contribution in [1.29, 1.82) is 0 Å². The molecular weight excluding hydrogens is 168 g/mol. The molecule has 0 aromatic rings. The van der Waals surface area contributed by atoms with Crippen LogP contribution in [0.4, 0.5) is 0 Å². The summed E-state index contributed by atoms with van der Waals surface area (Å²) in [5.41, 5.74) is 0. The van der Waals surface area contributed by atoms with Gasteiger partial charge in [0.25, 0.3) is 0 Å². The van der Waals surface area contributed by atoms with Gasteiger partial charge in [0.1, 0.15) is 0 Å². The van der Waals surface area contributed by atoms with Gasteiger partial charge in [0.05, 0.1) is 7.11 Å². The predicted molar refractivity (Wildman–Crippen MR) is 42.1 cm³/mol. The summed E-state index contributed by atoms with van der Waals surface area (Å²) >= 11 is 1.56. The fourth-order valence-electron chi connectivity index (χ4n) is 0.485. The second-order valence-electron chi connectivity index (χ2n) is 1.87. The molecule has 66 valence electrons. The lowest BCUT2D eigenvalue weighted by atomic mass is 10.3. The first-order valence-electron chi connectivity index (χ1n) is 3.14. The molecule has 1 unspecified atom stereocenters. The van der Waals surface area contributed by atoms with Crippen LogP contribution < -0.4 is 0 Å². The van der Waals surface area contributed by atoms with Gasteiger partial charge in [-0.3, -0.25) is 4.89 Å². The SMILES string of the molecule is COOC(=O)C(O)CCSC. The lowest BCUT2D eigenvalue weighted by molar-refractivity contribution is -0.262. The second kappa shape index (κ2) is 6.45. The molecule has 0 rings (SSSR count). The van der Waals surface area contributed by atoms with Gasteiger partial charge in [0.15, 0.2) is 6.10 Å². The van der Waals surface area contributed by atoms with Crippen molar-refractivity contribution in [2.24, 2.45) is 0 Å². The molecule has 0 spiro atoms. The van der Waals surface area contributed by atoms with Gasteiger partial charge in [-0.25, -0.2) is 4.79 Å². The van der Waals surface area contributed by atoms with Gasteiger partial charge in [-0.1, -0.05) is 0 Å². The highest BCUT2D eigenvalue weighted by Gasteiger charge is 2.16. The Morgan fingerprint density at radius 1 is 1.73 bits per heavy atom. The van der Waals surface area contributed by atoms with Crippen molar-refractivity contribution in [2.75, 3.05) is 19.1 Å². The molecule has 0 aromatic carbocycles. The molecule has 0 saturated heterocycles. The molecule has 0 aliphatic carbocycles. The summed E-state index contributed by atoms with van der Waals surface area (Å²) in [4.78, 5) is 18.8. The Morgan fingerprint density at radius 3 is 2.82 bits per heavy atom. The molecule has 11 heavy (non-hydrogen) atoms. The Labute approximate surface area is 69.8 Å². The van der Waals surface area contributed by atoms with Crippen LogP contribution in [0.1, 0.15) is 6.42 Å². The van der Waals surface area contributed by atoms with E-state index in [2.05, 4.69) is 9.78 Å². The molecule has 5 heteroatoms.